The zero-order valence-corrected chi connectivity index (χ0v) is 29.7. The van der Waals surface area contributed by atoms with Gasteiger partial charge in [-0.15, -0.1) is 0 Å². The summed E-state index contributed by atoms with van der Waals surface area (Å²) in [7, 11) is -4.31. The lowest BCUT2D eigenvalue weighted by molar-refractivity contribution is -0.140. The number of hydrogen-bond donors (Lipinski definition) is 1. The second kappa shape index (κ2) is 16.0. The molecule has 4 rings (SSSR count). The SMILES string of the molecule is CCC(C)NC(=O)C(Cc1ccccc1)N(Cc1ccc(Br)cc1)C(=O)CN(c1cccc(Cl)c1Cl)S(=O)(=O)c1ccc(C)cc1. The van der Waals surface area contributed by atoms with Crippen molar-refractivity contribution in [3.05, 3.63) is 128 Å². The van der Waals surface area contributed by atoms with Gasteiger partial charge in [0.2, 0.25) is 11.8 Å². The van der Waals surface area contributed by atoms with Crippen LogP contribution in [-0.2, 0) is 32.6 Å². The largest absolute Gasteiger partial charge is 0.352 e. The molecule has 0 heterocycles. The number of benzene rings is 4. The maximum atomic E-state index is 14.6. The van der Waals surface area contributed by atoms with Crippen LogP contribution < -0.4 is 9.62 Å². The number of anilines is 1. The number of halogens is 3. The van der Waals surface area contributed by atoms with Crippen molar-refractivity contribution in [2.75, 3.05) is 10.8 Å². The minimum atomic E-state index is -4.31. The number of sulfonamides is 1. The third-order valence-electron chi connectivity index (χ3n) is 7.63. The number of aryl methyl sites for hydroxylation is 1. The molecule has 242 valence electrons. The number of nitrogens with zero attached hydrogens (tertiary/aromatic N) is 2. The highest BCUT2D eigenvalue weighted by Crippen LogP contribution is 2.35. The van der Waals surface area contributed by atoms with E-state index in [9.17, 15) is 18.0 Å². The number of amides is 2. The Kier molecular flexibility index (Phi) is 12.3. The Morgan fingerprint density at radius 2 is 1.52 bits per heavy atom. The van der Waals surface area contributed by atoms with Gasteiger partial charge in [-0.2, -0.15) is 0 Å². The Hall–Kier alpha value is -3.37. The molecule has 0 aliphatic heterocycles. The molecule has 0 saturated heterocycles. The third kappa shape index (κ3) is 8.91. The molecule has 4 aromatic rings. The predicted octanol–water partition coefficient (Wildman–Crippen LogP) is 7.81. The smallest absolute Gasteiger partial charge is 0.264 e. The molecule has 1 N–H and O–H groups in total. The van der Waals surface area contributed by atoms with Crippen molar-refractivity contribution in [2.24, 2.45) is 0 Å². The fourth-order valence-corrected chi connectivity index (χ4v) is 6.96. The Labute approximate surface area is 289 Å². The monoisotopic (exact) mass is 743 g/mol. The van der Waals surface area contributed by atoms with Gasteiger partial charge in [0.25, 0.3) is 10.0 Å². The van der Waals surface area contributed by atoms with Crippen molar-refractivity contribution in [3.8, 4) is 0 Å². The van der Waals surface area contributed by atoms with E-state index in [1.807, 2.05) is 75.4 Å². The van der Waals surface area contributed by atoms with E-state index in [1.54, 1.807) is 24.3 Å². The van der Waals surface area contributed by atoms with Crippen LogP contribution in [0, 0.1) is 6.92 Å². The summed E-state index contributed by atoms with van der Waals surface area (Å²) in [4.78, 5) is 29.9. The van der Waals surface area contributed by atoms with Gasteiger partial charge in [0.1, 0.15) is 12.6 Å². The third-order valence-corrected chi connectivity index (χ3v) is 10.7. The van der Waals surface area contributed by atoms with Gasteiger partial charge in [-0.1, -0.05) is 112 Å². The summed E-state index contributed by atoms with van der Waals surface area (Å²) < 4.78 is 30.2. The van der Waals surface area contributed by atoms with Crippen LogP contribution in [0.5, 0.6) is 0 Å². The van der Waals surface area contributed by atoms with E-state index in [4.69, 9.17) is 23.2 Å². The molecule has 46 heavy (non-hydrogen) atoms. The number of hydrogen-bond acceptors (Lipinski definition) is 4. The van der Waals surface area contributed by atoms with E-state index in [0.29, 0.717) is 6.42 Å². The standard InChI is InChI=1S/C35H36BrCl2N3O4S/c1-4-25(3)39-35(43)32(21-26-9-6-5-7-10-26)40(22-27-15-17-28(36)18-16-27)33(42)23-41(31-12-8-11-30(37)34(31)38)46(44,45)29-19-13-24(2)14-20-29/h5-20,25,32H,4,21-23H2,1-3H3,(H,39,43). The van der Waals surface area contributed by atoms with Gasteiger partial charge < -0.3 is 10.2 Å². The van der Waals surface area contributed by atoms with E-state index in [0.717, 1.165) is 25.5 Å². The zero-order valence-electron chi connectivity index (χ0n) is 25.8. The topological polar surface area (TPSA) is 86.8 Å². The molecule has 0 aliphatic carbocycles. The van der Waals surface area contributed by atoms with Gasteiger partial charge in [-0.25, -0.2) is 8.42 Å². The van der Waals surface area contributed by atoms with Crippen molar-refractivity contribution in [2.45, 2.75) is 57.1 Å². The molecular weight excluding hydrogens is 709 g/mol. The molecule has 2 unspecified atom stereocenters. The van der Waals surface area contributed by atoms with Crippen molar-refractivity contribution in [1.29, 1.82) is 0 Å². The lowest BCUT2D eigenvalue weighted by atomic mass is 10.0. The van der Waals surface area contributed by atoms with Crippen LogP contribution in [0.3, 0.4) is 0 Å². The first kappa shape index (κ1) is 35.5. The number of carbonyl (C=O) groups excluding carboxylic acids is 2. The summed E-state index contributed by atoms with van der Waals surface area (Å²) in [6.07, 6.45) is 0.911. The van der Waals surface area contributed by atoms with Crippen molar-refractivity contribution >= 4 is 66.7 Å². The van der Waals surface area contributed by atoms with Crippen molar-refractivity contribution < 1.29 is 18.0 Å². The molecule has 4 aromatic carbocycles. The van der Waals surface area contributed by atoms with Crippen molar-refractivity contribution in [3.63, 3.8) is 0 Å². The molecular formula is C35H36BrCl2N3O4S. The lowest BCUT2D eigenvalue weighted by Crippen LogP contribution is -2.54. The molecule has 0 bridgehead atoms. The number of nitrogens with one attached hydrogen (secondary N) is 1. The van der Waals surface area contributed by atoms with Gasteiger partial charge >= 0.3 is 0 Å². The minimum Gasteiger partial charge on any atom is -0.352 e. The van der Waals surface area contributed by atoms with Gasteiger partial charge in [0.15, 0.2) is 0 Å². The van der Waals surface area contributed by atoms with E-state index in [2.05, 4.69) is 21.2 Å². The molecule has 0 aromatic heterocycles. The van der Waals surface area contributed by atoms with Crippen LogP contribution in [0.4, 0.5) is 5.69 Å². The van der Waals surface area contributed by atoms with Gasteiger partial charge in [0.05, 0.1) is 20.6 Å². The van der Waals surface area contributed by atoms with Crippen LogP contribution in [0.2, 0.25) is 10.0 Å². The Balaban J connectivity index is 1.83. The van der Waals surface area contributed by atoms with Crippen LogP contribution in [0.25, 0.3) is 0 Å². The Bertz CT molecular complexity index is 1760. The second-order valence-electron chi connectivity index (χ2n) is 11.1. The number of carbonyl (C=O) groups is 2. The molecule has 0 radical (unpaired) electrons. The minimum absolute atomic E-state index is 0.0116. The molecule has 0 spiro atoms. The van der Waals surface area contributed by atoms with Gasteiger partial charge in [0, 0.05) is 23.5 Å². The van der Waals surface area contributed by atoms with E-state index in [-0.39, 0.29) is 45.5 Å². The highest BCUT2D eigenvalue weighted by Gasteiger charge is 2.35. The first-order valence-corrected chi connectivity index (χ1v) is 17.8. The summed E-state index contributed by atoms with van der Waals surface area (Å²) in [5.74, 6) is -0.924. The Morgan fingerprint density at radius 3 is 2.15 bits per heavy atom. The average Bonchev–Trinajstić information content (AvgIpc) is 3.04. The molecule has 7 nitrogen and oxygen atoms in total. The van der Waals surface area contributed by atoms with Crippen LogP contribution in [0.1, 0.15) is 37.0 Å². The second-order valence-corrected chi connectivity index (χ2v) is 14.6. The summed E-state index contributed by atoms with van der Waals surface area (Å²) in [5, 5.41) is 3.16. The van der Waals surface area contributed by atoms with Crippen molar-refractivity contribution in [1.82, 2.24) is 10.2 Å². The summed E-state index contributed by atoms with van der Waals surface area (Å²) in [6.45, 7) is 5.14. The van der Waals surface area contributed by atoms with Gasteiger partial charge in [-0.05, 0) is 67.8 Å². The lowest BCUT2D eigenvalue weighted by Gasteiger charge is -2.34. The fourth-order valence-electron chi connectivity index (χ4n) is 4.82. The van der Waals surface area contributed by atoms with Crippen LogP contribution in [0.15, 0.2) is 106 Å². The van der Waals surface area contributed by atoms with Crippen LogP contribution >= 0.6 is 39.1 Å². The molecule has 2 atom stereocenters. The summed E-state index contributed by atoms with van der Waals surface area (Å²) in [5.41, 5.74) is 2.54. The van der Waals surface area contributed by atoms with Gasteiger partial charge in [-0.3, -0.25) is 13.9 Å². The highest BCUT2D eigenvalue weighted by atomic mass is 79.9. The predicted molar refractivity (Wildman–Crippen MR) is 189 cm³/mol. The number of rotatable bonds is 13. The fraction of sp³-hybridized carbons (Fsp3) is 0.257. The van der Waals surface area contributed by atoms with E-state index in [1.165, 1.54) is 23.1 Å². The molecule has 2 amide bonds. The maximum absolute atomic E-state index is 14.6. The Morgan fingerprint density at radius 1 is 0.870 bits per heavy atom. The maximum Gasteiger partial charge on any atom is 0.264 e. The summed E-state index contributed by atoms with van der Waals surface area (Å²) in [6, 6.07) is 26.7. The molecule has 11 heteroatoms. The molecule has 0 aliphatic rings. The highest BCUT2D eigenvalue weighted by molar-refractivity contribution is 9.10. The quantitative estimate of drug-likeness (QED) is 0.151. The molecule has 0 saturated carbocycles. The summed E-state index contributed by atoms with van der Waals surface area (Å²) >= 11 is 16.4. The first-order chi connectivity index (χ1) is 21.9. The first-order valence-electron chi connectivity index (χ1n) is 14.8. The average molecular weight is 746 g/mol. The van der Waals surface area contributed by atoms with E-state index >= 15 is 0 Å². The van der Waals surface area contributed by atoms with Crippen LogP contribution in [-0.4, -0.2) is 43.8 Å². The zero-order chi connectivity index (χ0) is 33.4. The molecule has 0 fully saturated rings. The van der Waals surface area contributed by atoms with E-state index < -0.39 is 28.5 Å². The normalized spacial score (nSPS) is 12.7.